The van der Waals surface area contributed by atoms with Gasteiger partial charge in [-0.05, 0) is 49.4 Å². The van der Waals surface area contributed by atoms with Crippen LogP contribution in [-0.4, -0.2) is 85.5 Å². The van der Waals surface area contributed by atoms with E-state index in [4.69, 9.17) is 4.74 Å². The van der Waals surface area contributed by atoms with Crippen molar-refractivity contribution in [3.05, 3.63) is 66.4 Å². The number of rotatable bonds is 9. The number of hydrogen-bond donors (Lipinski definition) is 2. The average Bonchev–Trinajstić information content (AvgIpc) is 3.40. The number of amides is 1. The molecule has 2 N–H and O–H groups in total. The van der Waals surface area contributed by atoms with E-state index >= 15 is 0 Å². The number of carbonyl (C=O) groups excluding carboxylic acids is 1. The molecule has 0 spiro atoms. The zero-order valence-electron chi connectivity index (χ0n) is 23.6. The molecule has 12 nitrogen and oxygen atoms in total. The second-order valence-electron chi connectivity index (χ2n) is 10.4. The Bertz CT molecular complexity index is 1650. The first-order valence-corrected chi connectivity index (χ1v) is 16.1. The molecule has 1 aliphatic heterocycles. The number of ether oxygens (including phenoxy) is 1. The Balaban J connectivity index is 1.68. The summed E-state index contributed by atoms with van der Waals surface area (Å²) >= 11 is 0. The van der Waals surface area contributed by atoms with E-state index < -0.39 is 38.0 Å². The summed E-state index contributed by atoms with van der Waals surface area (Å²) in [6.07, 6.45) is 1.81. The molecule has 2 aromatic carbocycles. The smallest absolute Gasteiger partial charge is 0.280 e. The maximum absolute atomic E-state index is 13.4. The topological polar surface area (TPSA) is 151 Å². The molecule has 0 radical (unpaired) electrons. The number of aliphatic hydroxyl groups is 1. The molecule has 3 atom stereocenters. The number of halogens is 1. The summed E-state index contributed by atoms with van der Waals surface area (Å²) < 4.78 is 77.0. The molecule has 42 heavy (non-hydrogen) atoms. The number of likely N-dealkylation sites (N-methyl/N-ethyl adjacent to an activating group) is 1. The monoisotopic (exact) mass is 623 g/mol. The molecule has 3 aromatic rings. The van der Waals surface area contributed by atoms with Crippen molar-refractivity contribution in [3.8, 4) is 5.75 Å². The number of fused-ring (bicyclic) bond motifs is 1. The molecule has 1 aliphatic rings. The Labute approximate surface area is 244 Å². The fourth-order valence-electron chi connectivity index (χ4n) is 4.58. The van der Waals surface area contributed by atoms with Crippen LogP contribution in [0.25, 0.3) is 0 Å². The summed E-state index contributed by atoms with van der Waals surface area (Å²) in [6.45, 7) is 3.28. The lowest BCUT2D eigenvalue weighted by atomic mass is 10.0. The third-order valence-electron chi connectivity index (χ3n) is 7.08. The third-order valence-corrected chi connectivity index (χ3v) is 10.2. The molecule has 0 saturated heterocycles. The molecular weight excluding hydrogens is 589 g/mol. The summed E-state index contributed by atoms with van der Waals surface area (Å²) in [7, 11) is -4.99. The van der Waals surface area contributed by atoms with Crippen molar-refractivity contribution >= 4 is 31.6 Å². The van der Waals surface area contributed by atoms with Gasteiger partial charge in [0.2, 0.25) is 15.9 Å². The van der Waals surface area contributed by atoms with Crippen molar-refractivity contribution in [1.29, 1.82) is 0 Å². The Morgan fingerprint density at radius 1 is 1.19 bits per heavy atom. The van der Waals surface area contributed by atoms with Gasteiger partial charge < -0.3 is 19.3 Å². The lowest BCUT2D eigenvalue weighted by Gasteiger charge is -2.33. The molecule has 15 heteroatoms. The van der Waals surface area contributed by atoms with Crippen LogP contribution in [0.2, 0.25) is 0 Å². The van der Waals surface area contributed by atoms with E-state index in [-0.39, 0.29) is 59.3 Å². The van der Waals surface area contributed by atoms with Gasteiger partial charge in [-0.2, -0.15) is 12.7 Å². The van der Waals surface area contributed by atoms with Gasteiger partial charge >= 0.3 is 0 Å². The maximum Gasteiger partial charge on any atom is 0.280 e. The van der Waals surface area contributed by atoms with E-state index in [0.717, 1.165) is 16.4 Å². The van der Waals surface area contributed by atoms with E-state index in [1.165, 1.54) is 59.4 Å². The van der Waals surface area contributed by atoms with E-state index in [9.17, 15) is 31.1 Å². The van der Waals surface area contributed by atoms with Crippen LogP contribution in [0.3, 0.4) is 0 Å². The molecule has 0 unspecified atom stereocenters. The maximum atomic E-state index is 13.4. The highest BCUT2D eigenvalue weighted by atomic mass is 32.2. The van der Waals surface area contributed by atoms with E-state index in [1.807, 2.05) is 6.92 Å². The van der Waals surface area contributed by atoms with Crippen LogP contribution in [0.5, 0.6) is 5.75 Å². The van der Waals surface area contributed by atoms with Crippen molar-refractivity contribution in [2.75, 3.05) is 31.5 Å². The van der Waals surface area contributed by atoms with Crippen LogP contribution in [-0.2, 0) is 38.3 Å². The van der Waals surface area contributed by atoms with E-state index in [1.54, 1.807) is 14.0 Å². The quantitative estimate of drug-likeness (QED) is 0.367. The van der Waals surface area contributed by atoms with Gasteiger partial charge in [0.05, 0.1) is 36.8 Å². The predicted octanol–water partition coefficient (Wildman–Crippen LogP) is 1.83. The van der Waals surface area contributed by atoms with Crippen molar-refractivity contribution in [3.63, 3.8) is 0 Å². The number of aromatic nitrogens is 2. The van der Waals surface area contributed by atoms with Crippen molar-refractivity contribution in [2.45, 2.75) is 42.3 Å². The van der Waals surface area contributed by atoms with Crippen molar-refractivity contribution in [2.24, 2.45) is 13.0 Å². The number of hydrogen-bond acceptors (Lipinski definition) is 8. The highest BCUT2D eigenvalue weighted by molar-refractivity contribution is 7.92. The Hall–Kier alpha value is -3.53. The molecule has 0 bridgehead atoms. The molecule has 4 rings (SSSR count). The van der Waals surface area contributed by atoms with Crippen LogP contribution in [0.1, 0.15) is 19.4 Å². The van der Waals surface area contributed by atoms with Crippen LogP contribution in [0.4, 0.5) is 10.1 Å². The first kappa shape index (κ1) is 31.4. The van der Waals surface area contributed by atoms with Crippen LogP contribution >= 0.6 is 0 Å². The standard InChI is InChI=1S/C27H34FN5O7S2/c1-18-13-33(19(2)16-34)27(35)12-20-11-22(30-41(36,37)26-15-31(3)17-29-26)7-10-24(20)40-25(18)14-32(4)42(38,39)23-8-5-21(28)6-9-23/h5-11,15,17-19,25,30,34H,12-14,16H2,1-4H3/t18-,19+,25+/m1/s1. The molecule has 1 amide bonds. The lowest BCUT2D eigenvalue weighted by Crippen LogP contribution is -2.48. The zero-order valence-corrected chi connectivity index (χ0v) is 25.3. The molecule has 0 fully saturated rings. The summed E-state index contributed by atoms with van der Waals surface area (Å²) in [5.41, 5.74) is 0.553. The first-order valence-electron chi connectivity index (χ1n) is 13.1. The van der Waals surface area contributed by atoms with E-state index in [0.29, 0.717) is 5.56 Å². The first-order chi connectivity index (χ1) is 19.7. The SMILES string of the molecule is C[C@@H]1CN([C@@H](C)CO)C(=O)Cc2cc(NS(=O)(=O)c3cn(C)cn3)ccc2O[C@H]1CN(C)S(=O)(=O)c1ccc(F)cc1. The molecule has 0 aliphatic carbocycles. The summed E-state index contributed by atoms with van der Waals surface area (Å²) in [6, 6.07) is 8.46. The van der Waals surface area contributed by atoms with Gasteiger partial charge in [0.1, 0.15) is 17.7 Å². The van der Waals surface area contributed by atoms with Gasteiger partial charge in [0, 0.05) is 44.0 Å². The summed E-state index contributed by atoms with van der Waals surface area (Å²) in [5.74, 6) is -0.981. The van der Waals surface area contributed by atoms with Crippen molar-refractivity contribution in [1.82, 2.24) is 18.8 Å². The molecular formula is C27H34FN5O7S2. The van der Waals surface area contributed by atoms with Gasteiger partial charge in [0.15, 0.2) is 5.03 Å². The fourth-order valence-corrected chi connectivity index (χ4v) is 6.80. The minimum absolute atomic E-state index is 0.0851. The molecule has 228 valence electrons. The second kappa shape index (κ2) is 12.4. The normalized spacial score (nSPS) is 18.9. The highest BCUT2D eigenvalue weighted by Crippen LogP contribution is 2.30. The average molecular weight is 624 g/mol. The van der Waals surface area contributed by atoms with Crippen LogP contribution in [0.15, 0.2) is 64.9 Å². The van der Waals surface area contributed by atoms with Crippen LogP contribution in [0, 0.1) is 11.7 Å². The zero-order chi connectivity index (χ0) is 30.8. The number of benzene rings is 2. The van der Waals surface area contributed by atoms with Gasteiger partial charge in [-0.25, -0.2) is 17.8 Å². The minimum Gasteiger partial charge on any atom is -0.488 e. The number of sulfonamides is 2. The Kier molecular flexibility index (Phi) is 9.25. The van der Waals surface area contributed by atoms with Crippen LogP contribution < -0.4 is 9.46 Å². The number of anilines is 1. The number of aliphatic hydroxyl groups excluding tert-OH is 1. The predicted molar refractivity (Wildman–Crippen MR) is 152 cm³/mol. The Morgan fingerprint density at radius 2 is 1.88 bits per heavy atom. The fraction of sp³-hybridized carbons (Fsp3) is 0.407. The highest BCUT2D eigenvalue weighted by Gasteiger charge is 2.33. The number of carbonyl (C=O) groups is 1. The Morgan fingerprint density at radius 3 is 2.50 bits per heavy atom. The van der Waals surface area contributed by atoms with Gasteiger partial charge in [-0.15, -0.1) is 0 Å². The largest absolute Gasteiger partial charge is 0.488 e. The molecule has 1 aromatic heterocycles. The minimum atomic E-state index is -4.01. The lowest BCUT2D eigenvalue weighted by molar-refractivity contribution is -0.134. The number of nitrogens with zero attached hydrogens (tertiary/aromatic N) is 4. The number of aryl methyl sites for hydroxylation is 1. The second-order valence-corrected chi connectivity index (χ2v) is 14.1. The summed E-state index contributed by atoms with van der Waals surface area (Å²) in [5, 5.41) is 9.66. The van der Waals surface area contributed by atoms with E-state index in [2.05, 4.69) is 9.71 Å². The molecule has 0 saturated carbocycles. The molecule has 2 heterocycles. The third kappa shape index (κ3) is 6.91. The van der Waals surface area contributed by atoms with Gasteiger partial charge in [-0.3, -0.25) is 9.52 Å². The van der Waals surface area contributed by atoms with Crippen molar-refractivity contribution < 1.29 is 35.9 Å². The number of nitrogens with one attached hydrogen (secondary N) is 1. The van der Waals surface area contributed by atoms with Gasteiger partial charge in [-0.1, -0.05) is 6.92 Å². The van der Waals surface area contributed by atoms with Gasteiger partial charge in [0.25, 0.3) is 10.0 Å². The summed E-state index contributed by atoms with van der Waals surface area (Å²) in [4.78, 5) is 18.7. The number of imidazole rings is 1.